The van der Waals surface area contributed by atoms with Crippen molar-refractivity contribution in [3.63, 3.8) is 0 Å². The number of nitrogens with one attached hydrogen (secondary N) is 2. The Bertz CT molecular complexity index is 682. The van der Waals surface area contributed by atoms with Gasteiger partial charge in [0.2, 0.25) is 5.91 Å². The largest absolute Gasteiger partial charge is 0.405 e. The Balaban J connectivity index is 1.95. The Morgan fingerprint density at radius 1 is 1.32 bits per heavy atom. The molecule has 1 aromatic carbocycles. The fourth-order valence-corrected chi connectivity index (χ4v) is 2.88. The van der Waals surface area contributed by atoms with Gasteiger partial charge < -0.3 is 5.32 Å². The first-order valence-electron chi connectivity index (χ1n) is 7.70. The lowest BCUT2D eigenvalue weighted by molar-refractivity contribution is -0.125. The molecule has 8 heteroatoms. The summed E-state index contributed by atoms with van der Waals surface area (Å²) in [5.41, 5.74) is 2.25. The molecular weight excluding hydrogens is 335 g/mol. The van der Waals surface area contributed by atoms with Crippen LogP contribution in [0, 0.1) is 12.3 Å². The first-order chi connectivity index (χ1) is 11.8. The molecule has 1 aliphatic carbocycles. The molecule has 0 heterocycles. The Hall–Kier alpha value is -2.53. The van der Waals surface area contributed by atoms with Gasteiger partial charge in [0.25, 0.3) is 0 Å². The van der Waals surface area contributed by atoms with Crippen LogP contribution in [0.1, 0.15) is 23.6 Å². The highest BCUT2D eigenvalue weighted by Gasteiger charge is 2.30. The van der Waals surface area contributed by atoms with Crippen molar-refractivity contribution in [2.24, 2.45) is 0 Å². The summed E-state index contributed by atoms with van der Waals surface area (Å²) in [7, 11) is 0. The smallest absolute Gasteiger partial charge is 0.329 e. The zero-order chi connectivity index (χ0) is 18.4. The number of imide groups is 1. The number of carbonyl (C=O) groups excluding carboxylic acids is 2. The summed E-state index contributed by atoms with van der Waals surface area (Å²) >= 11 is 0. The molecule has 5 nitrogen and oxygen atoms in total. The van der Waals surface area contributed by atoms with Crippen molar-refractivity contribution >= 4 is 11.9 Å². The summed E-state index contributed by atoms with van der Waals surface area (Å²) in [5.74, 6) is 1.77. The third-order valence-electron chi connectivity index (χ3n) is 3.89. The number of terminal acetylenes is 1. The van der Waals surface area contributed by atoms with Crippen molar-refractivity contribution in [1.82, 2.24) is 15.5 Å². The van der Waals surface area contributed by atoms with Gasteiger partial charge in [0.05, 0.1) is 13.1 Å². The van der Waals surface area contributed by atoms with E-state index in [4.69, 9.17) is 6.42 Å². The van der Waals surface area contributed by atoms with Crippen LogP contribution in [0.3, 0.4) is 0 Å². The van der Waals surface area contributed by atoms with Gasteiger partial charge in [-0.25, -0.2) is 4.79 Å². The number of alkyl halides is 3. The predicted molar refractivity (Wildman–Crippen MR) is 85.5 cm³/mol. The standard InChI is InChI=1S/C17H18F3N3O2/c1-2-9-23(14-8-7-12-5-3-4-6-13(12)14)10-15(24)22-16(25)21-11-17(18,19)20/h1,3-6,14H,7-11H2,(H2,21,22,24,25). The summed E-state index contributed by atoms with van der Waals surface area (Å²) in [6.07, 6.45) is 2.47. The highest BCUT2D eigenvalue weighted by Crippen LogP contribution is 2.35. The van der Waals surface area contributed by atoms with E-state index in [9.17, 15) is 22.8 Å². The molecule has 0 saturated carbocycles. The molecular formula is C17H18F3N3O2. The highest BCUT2D eigenvalue weighted by molar-refractivity contribution is 5.95. The van der Waals surface area contributed by atoms with Crippen LogP contribution >= 0.6 is 0 Å². The van der Waals surface area contributed by atoms with E-state index in [0.717, 1.165) is 18.4 Å². The summed E-state index contributed by atoms with van der Waals surface area (Å²) in [5, 5.41) is 3.48. The highest BCUT2D eigenvalue weighted by atomic mass is 19.4. The molecule has 3 amide bonds. The monoisotopic (exact) mass is 353 g/mol. The van der Waals surface area contributed by atoms with Crippen molar-refractivity contribution in [1.29, 1.82) is 0 Å². The number of aryl methyl sites for hydroxylation is 1. The molecule has 25 heavy (non-hydrogen) atoms. The molecule has 0 fully saturated rings. The quantitative estimate of drug-likeness (QED) is 0.796. The van der Waals surface area contributed by atoms with Crippen molar-refractivity contribution in [3.8, 4) is 12.3 Å². The molecule has 0 saturated heterocycles. The lowest BCUT2D eigenvalue weighted by Gasteiger charge is -2.27. The van der Waals surface area contributed by atoms with Crippen LogP contribution in [0.2, 0.25) is 0 Å². The van der Waals surface area contributed by atoms with E-state index in [-0.39, 0.29) is 19.1 Å². The molecule has 0 spiro atoms. The van der Waals surface area contributed by atoms with Crippen LogP contribution in [-0.4, -0.2) is 42.6 Å². The minimum absolute atomic E-state index is 0.0590. The second-order valence-corrected chi connectivity index (χ2v) is 5.71. The zero-order valence-electron chi connectivity index (χ0n) is 13.4. The molecule has 1 atom stereocenters. The number of rotatable bonds is 5. The van der Waals surface area contributed by atoms with Crippen molar-refractivity contribution in [3.05, 3.63) is 35.4 Å². The van der Waals surface area contributed by atoms with Gasteiger partial charge in [0, 0.05) is 6.04 Å². The number of fused-ring (bicyclic) bond motifs is 1. The number of nitrogens with zero attached hydrogens (tertiary/aromatic N) is 1. The fraction of sp³-hybridized carbons (Fsp3) is 0.412. The number of carbonyl (C=O) groups is 2. The summed E-state index contributed by atoms with van der Waals surface area (Å²) < 4.78 is 36.2. The topological polar surface area (TPSA) is 61.4 Å². The maximum atomic E-state index is 12.1. The molecule has 1 unspecified atom stereocenters. The van der Waals surface area contributed by atoms with Crippen molar-refractivity contribution in [2.75, 3.05) is 19.6 Å². The van der Waals surface area contributed by atoms with Gasteiger partial charge in [-0.1, -0.05) is 30.2 Å². The molecule has 2 N–H and O–H groups in total. The SMILES string of the molecule is C#CCN(CC(=O)NC(=O)NCC(F)(F)F)C1CCc2ccccc21. The normalized spacial score (nSPS) is 16.2. The second kappa shape index (κ2) is 8.03. The number of hydrogen-bond donors (Lipinski definition) is 2. The maximum Gasteiger partial charge on any atom is 0.405 e. The Labute approximate surface area is 143 Å². The van der Waals surface area contributed by atoms with Crippen LogP contribution in [0.5, 0.6) is 0 Å². The van der Waals surface area contributed by atoms with E-state index in [2.05, 4.69) is 5.92 Å². The van der Waals surface area contributed by atoms with E-state index in [1.807, 2.05) is 29.6 Å². The number of benzene rings is 1. The summed E-state index contributed by atoms with van der Waals surface area (Å²) in [6.45, 7) is -1.49. The number of hydrogen-bond acceptors (Lipinski definition) is 3. The summed E-state index contributed by atoms with van der Waals surface area (Å²) in [6, 6.07) is 6.56. The number of urea groups is 1. The average molecular weight is 353 g/mol. The van der Waals surface area contributed by atoms with Crippen LogP contribution < -0.4 is 10.6 Å². The van der Waals surface area contributed by atoms with Crippen LogP contribution in [0.15, 0.2) is 24.3 Å². The van der Waals surface area contributed by atoms with Crippen molar-refractivity contribution in [2.45, 2.75) is 25.1 Å². The number of amides is 3. The van der Waals surface area contributed by atoms with E-state index in [1.54, 1.807) is 10.2 Å². The lowest BCUT2D eigenvalue weighted by atomic mass is 10.1. The van der Waals surface area contributed by atoms with Gasteiger partial charge in [0.15, 0.2) is 0 Å². The van der Waals surface area contributed by atoms with Crippen molar-refractivity contribution < 1.29 is 22.8 Å². The minimum atomic E-state index is -4.54. The van der Waals surface area contributed by atoms with Gasteiger partial charge in [-0.2, -0.15) is 13.2 Å². The van der Waals surface area contributed by atoms with Crippen LogP contribution in [0.4, 0.5) is 18.0 Å². The third-order valence-corrected chi connectivity index (χ3v) is 3.89. The van der Waals surface area contributed by atoms with Gasteiger partial charge in [0.1, 0.15) is 6.54 Å². The molecule has 1 aliphatic rings. The minimum Gasteiger partial charge on any atom is -0.329 e. The van der Waals surface area contributed by atoms with E-state index >= 15 is 0 Å². The van der Waals surface area contributed by atoms with Crippen LogP contribution in [0.25, 0.3) is 0 Å². The zero-order valence-corrected chi connectivity index (χ0v) is 13.4. The molecule has 134 valence electrons. The Kier molecular flexibility index (Phi) is 6.04. The first-order valence-corrected chi connectivity index (χ1v) is 7.70. The van der Waals surface area contributed by atoms with E-state index in [1.165, 1.54) is 5.56 Å². The fourth-order valence-electron chi connectivity index (χ4n) is 2.88. The second-order valence-electron chi connectivity index (χ2n) is 5.71. The first kappa shape index (κ1) is 18.8. The maximum absolute atomic E-state index is 12.1. The molecule has 0 aliphatic heterocycles. The molecule has 0 radical (unpaired) electrons. The third kappa shape index (κ3) is 5.50. The number of halogens is 3. The van der Waals surface area contributed by atoms with E-state index in [0.29, 0.717) is 0 Å². The lowest BCUT2D eigenvalue weighted by Crippen LogP contribution is -2.47. The molecule has 0 aromatic heterocycles. The average Bonchev–Trinajstić information content (AvgIpc) is 2.96. The predicted octanol–water partition coefficient (Wildman–Crippen LogP) is 2.00. The van der Waals surface area contributed by atoms with Gasteiger partial charge >= 0.3 is 12.2 Å². The Morgan fingerprint density at radius 2 is 2.04 bits per heavy atom. The summed E-state index contributed by atoms with van der Waals surface area (Å²) in [4.78, 5) is 25.1. The molecule has 2 rings (SSSR count). The molecule has 0 bridgehead atoms. The van der Waals surface area contributed by atoms with Crippen LogP contribution in [-0.2, 0) is 11.2 Å². The van der Waals surface area contributed by atoms with Gasteiger partial charge in [-0.15, -0.1) is 6.42 Å². The Morgan fingerprint density at radius 3 is 2.72 bits per heavy atom. The van der Waals surface area contributed by atoms with E-state index < -0.39 is 24.7 Å². The van der Waals surface area contributed by atoms with Gasteiger partial charge in [-0.05, 0) is 24.0 Å². The van der Waals surface area contributed by atoms with Gasteiger partial charge in [-0.3, -0.25) is 15.0 Å². The molecule has 1 aromatic rings.